The van der Waals surface area contributed by atoms with Gasteiger partial charge in [-0.2, -0.15) is 5.10 Å². The van der Waals surface area contributed by atoms with Crippen molar-refractivity contribution in [2.24, 2.45) is 5.92 Å². The number of nitrogens with zero attached hydrogens (tertiary/aromatic N) is 1. The maximum Gasteiger partial charge on any atom is 0.223 e. The number of H-pyrrole nitrogens is 1. The summed E-state index contributed by atoms with van der Waals surface area (Å²) in [5.74, 6) is 0.340. The predicted octanol–water partition coefficient (Wildman–Crippen LogP) is 1.18. The number of carbonyl (C=O) groups excluding carboxylic acids is 1. The van der Waals surface area contributed by atoms with E-state index in [0.29, 0.717) is 6.54 Å². The van der Waals surface area contributed by atoms with Crippen molar-refractivity contribution >= 4 is 16.8 Å². The van der Waals surface area contributed by atoms with Crippen LogP contribution in [-0.2, 0) is 11.3 Å². The molecule has 0 bridgehead atoms. The van der Waals surface area contributed by atoms with Gasteiger partial charge in [0.05, 0.1) is 11.7 Å². The van der Waals surface area contributed by atoms with Gasteiger partial charge >= 0.3 is 0 Å². The van der Waals surface area contributed by atoms with Gasteiger partial charge in [-0.15, -0.1) is 0 Å². The van der Waals surface area contributed by atoms with E-state index in [2.05, 4.69) is 26.9 Å². The molecule has 3 N–H and O–H groups in total. The van der Waals surface area contributed by atoms with Gasteiger partial charge in [0.2, 0.25) is 5.91 Å². The fourth-order valence-corrected chi connectivity index (χ4v) is 2.52. The van der Waals surface area contributed by atoms with Crippen molar-refractivity contribution in [1.29, 1.82) is 0 Å². The maximum atomic E-state index is 12.0. The standard InChI is InChI=1S/C14H18N4O/c19-14(11-3-5-15-6-4-11)16-8-10-1-2-13-12(7-10)9-17-18-13/h1-2,7,9,11,15H,3-6,8H2,(H,16,19)(H,17,18). The molecule has 5 nitrogen and oxygen atoms in total. The minimum Gasteiger partial charge on any atom is -0.352 e. The van der Waals surface area contributed by atoms with Crippen LogP contribution in [0.1, 0.15) is 18.4 Å². The highest BCUT2D eigenvalue weighted by Crippen LogP contribution is 2.14. The van der Waals surface area contributed by atoms with Crippen molar-refractivity contribution in [3.63, 3.8) is 0 Å². The molecule has 0 radical (unpaired) electrons. The van der Waals surface area contributed by atoms with E-state index < -0.39 is 0 Å². The molecule has 1 aromatic carbocycles. The van der Waals surface area contributed by atoms with Crippen LogP contribution in [0.3, 0.4) is 0 Å². The Balaban J connectivity index is 1.60. The molecular weight excluding hydrogens is 240 g/mol. The van der Waals surface area contributed by atoms with E-state index in [1.54, 1.807) is 6.20 Å². The van der Waals surface area contributed by atoms with Crippen LogP contribution < -0.4 is 10.6 Å². The molecule has 2 heterocycles. The summed E-state index contributed by atoms with van der Waals surface area (Å²) in [6.07, 6.45) is 3.67. The van der Waals surface area contributed by atoms with Gasteiger partial charge in [-0.25, -0.2) is 0 Å². The maximum absolute atomic E-state index is 12.0. The molecule has 1 amide bonds. The van der Waals surface area contributed by atoms with E-state index in [4.69, 9.17) is 0 Å². The van der Waals surface area contributed by atoms with Gasteiger partial charge in [-0.05, 0) is 43.6 Å². The number of aromatic nitrogens is 2. The first-order chi connectivity index (χ1) is 9.33. The number of hydrogen-bond donors (Lipinski definition) is 3. The lowest BCUT2D eigenvalue weighted by molar-refractivity contribution is -0.125. The molecule has 2 aromatic rings. The van der Waals surface area contributed by atoms with Crippen LogP contribution in [-0.4, -0.2) is 29.2 Å². The van der Waals surface area contributed by atoms with Gasteiger partial charge in [0, 0.05) is 17.8 Å². The fraction of sp³-hybridized carbons (Fsp3) is 0.429. The van der Waals surface area contributed by atoms with Gasteiger partial charge < -0.3 is 10.6 Å². The fourth-order valence-electron chi connectivity index (χ4n) is 2.52. The van der Waals surface area contributed by atoms with Crippen LogP contribution in [0.25, 0.3) is 10.9 Å². The Labute approximate surface area is 111 Å². The van der Waals surface area contributed by atoms with Gasteiger partial charge in [0.25, 0.3) is 0 Å². The SMILES string of the molecule is O=C(NCc1ccc2[nH]ncc2c1)C1CCNCC1. The molecule has 1 aliphatic heterocycles. The second kappa shape index (κ2) is 5.40. The molecular formula is C14H18N4O. The number of aromatic amines is 1. The number of rotatable bonds is 3. The zero-order valence-electron chi connectivity index (χ0n) is 10.8. The monoisotopic (exact) mass is 258 g/mol. The third kappa shape index (κ3) is 2.76. The minimum atomic E-state index is 0.166. The Morgan fingerprint density at radius 1 is 1.37 bits per heavy atom. The largest absolute Gasteiger partial charge is 0.352 e. The topological polar surface area (TPSA) is 69.8 Å². The number of nitrogens with one attached hydrogen (secondary N) is 3. The first-order valence-corrected chi connectivity index (χ1v) is 6.73. The number of benzene rings is 1. The lowest BCUT2D eigenvalue weighted by Gasteiger charge is -2.21. The minimum absolute atomic E-state index is 0.166. The second-order valence-electron chi connectivity index (χ2n) is 5.03. The molecule has 0 atom stereocenters. The molecule has 3 rings (SSSR count). The van der Waals surface area contributed by atoms with Gasteiger partial charge in [-0.1, -0.05) is 6.07 Å². The first kappa shape index (κ1) is 12.2. The molecule has 1 aromatic heterocycles. The Kier molecular flexibility index (Phi) is 3.46. The predicted molar refractivity (Wildman–Crippen MR) is 73.5 cm³/mol. The Morgan fingerprint density at radius 2 is 2.21 bits per heavy atom. The molecule has 1 fully saturated rings. The molecule has 100 valence electrons. The summed E-state index contributed by atoms with van der Waals surface area (Å²) in [4.78, 5) is 12.0. The quantitative estimate of drug-likeness (QED) is 0.774. The Morgan fingerprint density at radius 3 is 3.05 bits per heavy atom. The van der Waals surface area contributed by atoms with E-state index in [9.17, 15) is 4.79 Å². The van der Waals surface area contributed by atoms with Crippen LogP contribution >= 0.6 is 0 Å². The molecule has 0 unspecified atom stereocenters. The van der Waals surface area contributed by atoms with Crippen molar-refractivity contribution < 1.29 is 4.79 Å². The second-order valence-corrected chi connectivity index (χ2v) is 5.03. The molecule has 19 heavy (non-hydrogen) atoms. The summed E-state index contributed by atoms with van der Waals surface area (Å²) >= 11 is 0. The average Bonchev–Trinajstić information content (AvgIpc) is 2.93. The molecule has 5 heteroatoms. The van der Waals surface area contributed by atoms with Crippen LogP contribution in [0.2, 0.25) is 0 Å². The van der Waals surface area contributed by atoms with E-state index in [1.165, 1.54) is 0 Å². The molecule has 0 saturated carbocycles. The van der Waals surface area contributed by atoms with E-state index in [0.717, 1.165) is 42.4 Å². The van der Waals surface area contributed by atoms with Crippen molar-refractivity contribution in [2.75, 3.05) is 13.1 Å². The third-order valence-corrected chi connectivity index (χ3v) is 3.68. The summed E-state index contributed by atoms with van der Waals surface area (Å²) in [6.45, 7) is 2.47. The van der Waals surface area contributed by atoms with Crippen molar-refractivity contribution in [3.05, 3.63) is 30.0 Å². The summed E-state index contributed by atoms with van der Waals surface area (Å²) < 4.78 is 0. The van der Waals surface area contributed by atoms with Gasteiger partial charge in [0.1, 0.15) is 0 Å². The molecule has 1 aliphatic rings. The lowest BCUT2D eigenvalue weighted by Crippen LogP contribution is -2.37. The molecule has 1 saturated heterocycles. The van der Waals surface area contributed by atoms with Gasteiger partial charge in [0.15, 0.2) is 0 Å². The normalized spacial score (nSPS) is 16.6. The van der Waals surface area contributed by atoms with Crippen LogP contribution in [0.5, 0.6) is 0 Å². The molecule has 0 spiro atoms. The lowest BCUT2D eigenvalue weighted by atomic mass is 9.97. The van der Waals surface area contributed by atoms with Crippen LogP contribution in [0.4, 0.5) is 0 Å². The van der Waals surface area contributed by atoms with E-state index in [-0.39, 0.29) is 11.8 Å². The smallest absolute Gasteiger partial charge is 0.223 e. The first-order valence-electron chi connectivity index (χ1n) is 6.73. The highest BCUT2D eigenvalue weighted by Gasteiger charge is 2.20. The Bertz CT molecular complexity index is 572. The summed E-state index contributed by atoms with van der Waals surface area (Å²) in [7, 11) is 0. The number of carbonyl (C=O) groups is 1. The van der Waals surface area contributed by atoms with E-state index >= 15 is 0 Å². The zero-order chi connectivity index (χ0) is 13.1. The van der Waals surface area contributed by atoms with Crippen molar-refractivity contribution in [1.82, 2.24) is 20.8 Å². The highest BCUT2D eigenvalue weighted by atomic mass is 16.1. The van der Waals surface area contributed by atoms with Crippen LogP contribution in [0, 0.1) is 5.92 Å². The van der Waals surface area contributed by atoms with Crippen molar-refractivity contribution in [3.8, 4) is 0 Å². The Hall–Kier alpha value is -1.88. The molecule has 0 aliphatic carbocycles. The number of amides is 1. The number of piperidine rings is 1. The van der Waals surface area contributed by atoms with Crippen molar-refractivity contribution in [2.45, 2.75) is 19.4 Å². The summed E-state index contributed by atoms with van der Waals surface area (Å²) in [5, 5.41) is 14.3. The van der Waals surface area contributed by atoms with Gasteiger partial charge in [-0.3, -0.25) is 9.89 Å². The number of fused-ring (bicyclic) bond motifs is 1. The zero-order valence-corrected chi connectivity index (χ0v) is 10.8. The van der Waals surface area contributed by atoms with Crippen LogP contribution in [0.15, 0.2) is 24.4 Å². The number of hydrogen-bond acceptors (Lipinski definition) is 3. The third-order valence-electron chi connectivity index (χ3n) is 3.68. The van der Waals surface area contributed by atoms with E-state index in [1.807, 2.05) is 12.1 Å². The average molecular weight is 258 g/mol. The summed E-state index contributed by atoms with van der Waals surface area (Å²) in [6, 6.07) is 6.07. The highest BCUT2D eigenvalue weighted by molar-refractivity contribution is 5.80. The summed E-state index contributed by atoms with van der Waals surface area (Å²) in [5.41, 5.74) is 2.13.